The minimum Gasteiger partial charge on any atom is -0.361 e. The number of nitrogens with zero attached hydrogens (tertiary/aromatic N) is 2. The number of hydrogen-bond acceptors (Lipinski definition) is 4. The molecule has 0 spiro atoms. The molecule has 6 nitrogen and oxygen atoms in total. The summed E-state index contributed by atoms with van der Waals surface area (Å²) >= 11 is 0. The van der Waals surface area contributed by atoms with Crippen LogP contribution in [0.1, 0.15) is 47.5 Å². The molecule has 0 aliphatic heterocycles. The molecule has 2 aromatic heterocycles. The lowest BCUT2D eigenvalue weighted by Gasteiger charge is -2.11. The zero-order valence-electron chi connectivity index (χ0n) is 12.8. The highest BCUT2D eigenvalue weighted by Crippen LogP contribution is 2.18. The molecule has 22 heavy (non-hydrogen) atoms. The van der Waals surface area contributed by atoms with Crippen molar-refractivity contribution in [3.05, 3.63) is 47.1 Å². The van der Waals surface area contributed by atoms with Crippen molar-refractivity contribution < 1.29 is 9.32 Å². The van der Waals surface area contributed by atoms with Gasteiger partial charge in [-0.25, -0.2) is 4.98 Å². The topological polar surface area (TPSA) is 83.8 Å². The molecular weight excluding hydrogens is 280 g/mol. The van der Waals surface area contributed by atoms with Gasteiger partial charge in [0.05, 0.1) is 22.8 Å². The Morgan fingerprint density at radius 1 is 1.41 bits per heavy atom. The van der Waals surface area contributed by atoms with E-state index in [9.17, 15) is 4.79 Å². The third-order valence-corrected chi connectivity index (χ3v) is 3.66. The molecule has 1 amide bonds. The van der Waals surface area contributed by atoms with Crippen LogP contribution in [-0.4, -0.2) is 21.0 Å². The Labute approximate surface area is 127 Å². The van der Waals surface area contributed by atoms with E-state index < -0.39 is 0 Å². The minimum absolute atomic E-state index is 0.191. The lowest BCUT2D eigenvalue weighted by Crippen LogP contribution is -2.28. The van der Waals surface area contributed by atoms with Crippen LogP contribution in [0.25, 0.3) is 11.0 Å². The normalized spacial score (nSPS) is 12.5. The average Bonchev–Trinajstić information content (AvgIpc) is 3.10. The van der Waals surface area contributed by atoms with E-state index >= 15 is 0 Å². The summed E-state index contributed by atoms with van der Waals surface area (Å²) in [6.45, 7) is 5.58. The van der Waals surface area contributed by atoms with Gasteiger partial charge in [-0.05, 0) is 32.4 Å². The van der Waals surface area contributed by atoms with Crippen molar-refractivity contribution in [3.8, 4) is 0 Å². The highest BCUT2D eigenvalue weighted by atomic mass is 16.5. The van der Waals surface area contributed by atoms with Gasteiger partial charge in [0, 0.05) is 0 Å². The van der Waals surface area contributed by atoms with E-state index in [0.29, 0.717) is 23.4 Å². The van der Waals surface area contributed by atoms with Gasteiger partial charge in [0.25, 0.3) is 5.91 Å². The van der Waals surface area contributed by atoms with Crippen LogP contribution in [0.15, 0.2) is 28.8 Å². The summed E-state index contributed by atoms with van der Waals surface area (Å²) in [6, 6.07) is 7.54. The van der Waals surface area contributed by atoms with Crippen molar-refractivity contribution in [2.45, 2.75) is 33.2 Å². The Hall–Kier alpha value is -2.63. The number of carbonyl (C=O) groups is 1. The van der Waals surface area contributed by atoms with Crippen LogP contribution in [0, 0.1) is 6.92 Å². The number of nitrogens with one attached hydrogen (secondary N) is 2. The summed E-state index contributed by atoms with van der Waals surface area (Å²) in [7, 11) is 0. The number of H-pyrrole nitrogens is 1. The molecule has 3 rings (SSSR count). The van der Waals surface area contributed by atoms with Crippen LogP contribution in [0.2, 0.25) is 0 Å². The summed E-state index contributed by atoms with van der Waals surface area (Å²) in [5.74, 6) is 1.07. The Morgan fingerprint density at radius 2 is 2.18 bits per heavy atom. The number of carbonyl (C=O) groups excluding carboxylic acids is 1. The molecule has 0 saturated heterocycles. The fourth-order valence-corrected chi connectivity index (χ4v) is 2.47. The Balaban J connectivity index is 1.82. The summed E-state index contributed by atoms with van der Waals surface area (Å²) in [6.07, 6.45) is 0.652. The lowest BCUT2D eigenvalue weighted by molar-refractivity contribution is 0.0936. The maximum absolute atomic E-state index is 12.5. The first-order valence-corrected chi connectivity index (χ1v) is 7.30. The number of aromatic amines is 1. The fourth-order valence-electron chi connectivity index (χ4n) is 2.47. The van der Waals surface area contributed by atoms with Crippen molar-refractivity contribution in [2.24, 2.45) is 0 Å². The van der Waals surface area contributed by atoms with Gasteiger partial charge in [0.2, 0.25) is 0 Å². The molecule has 0 unspecified atom stereocenters. The van der Waals surface area contributed by atoms with Crippen LogP contribution in [0.5, 0.6) is 0 Å². The number of hydrogen-bond donors (Lipinski definition) is 2. The number of fused-ring (bicyclic) bond motifs is 1. The van der Waals surface area contributed by atoms with E-state index in [4.69, 9.17) is 4.52 Å². The fraction of sp³-hybridized carbons (Fsp3) is 0.312. The van der Waals surface area contributed by atoms with Gasteiger partial charge in [-0.2, -0.15) is 0 Å². The van der Waals surface area contributed by atoms with E-state index in [1.807, 2.05) is 38.1 Å². The molecule has 3 aromatic rings. The molecule has 0 aliphatic carbocycles. The second-order valence-corrected chi connectivity index (χ2v) is 5.25. The number of aryl methyl sites for hydroxylation is 2. The first kappa shape index (κ1) is 14.3. The summed E-state index contributed by atoms with van der Waals surface area (Å²) in [5.41, 5.74) is 3.03. The average molecular weight is 298 g/mol. The predicted molar refractivity (Wildman–Crippen MR) is 82.6 cm³/mol. The first-order valence-electron chi connectivity index (χ1n) is 7.30. The predicted octanol–water partition coefficient (Wildman–Crippen LogP) is 2.91. The van der Waals surface area contributed by atoms with E-state index in [1.165, 1.54) is 0 Å². The zero-order chi connectivity index (χ0) is 15.7. The van der Waals surface area contributed by atoms with Gasteiger partial charge in [0.1, 0.15) is 17.1 Å². The number of aromatic nitrogens is 3. The SMILES string of the molecule is CCc1noc(C)c1C(=O)N[C@@H](C)c1nc2ccccc2[nH]1. The molecule has 0 bridgehead atoms. The number of amides is 1. The highest BCUT2D eigenvalue weighted by Gasteiger charge is 2.22. The van der Waals surface area contributed by atoms with Crippen molar-refractivity contribution in [1.29, 1.82) is 0 Å². The molecule has 1 atom stereocenters. The van der Waals surface area contributed by atoms with Gasteiger partial charge in [-0.15, -0.1) is 0 Å². The van der Waals surface area contributed by atoms with Crippen LogP contribution in [0.4, 0.5) is 0 Å². The summed E-state index contributed by atoms with van der Waals surface area (Å²) in [4.78, 5) is 20.2. The van der Waals surface area contributed by atoms with Crippen molar-refractivity contribution in [3.63, 3.8) is 0 Å². The zero-order valence-corrected chi connectivity index (χ0v) is 12.8. The first-order chi connectivity index (χ1) is 10.6. The van der Waals surface area contributed by atoms with Crippen molar-refractivity contribution in [1.82, 2.24) is 20.4 Å². The maximum Gasteiger partial charge on any atom is 0.257 e. The maximum atomic E-state index is 12.5. The molecule has 2 N–H and O–H groups in total. The molecule has 114 valence electrons. The van der Waals surface area contributed by atoms with E-state index in [2.05, 4.69) is 20.4 Å². The van der Waals surface area contributed by atoms with Gasteiger partial charge in [-0.1, -0.05) is 24.2 Å². The lowest BCUT2D eigenvalue weighted by atomic mass is 10.1. The second-order valence-electron chi connectivity index (χ2n) is 5.25. The second kappa shape index (κ2) is 5.63. The van der Waals surface area contributed by atoms with Crippen molar-refractivity contribution in [2.75, 3.05) is 0 Å². The molecule has 0 radical (unpaired) electrons. The highest BCUT2D eigenvalue weighted by molar-refractivity contribution is 5.96. The van der Waals surface area contributed by atoms with Crippen molar-refractivity contribution >= 4 is 16.9 Å². The Bertz CT molecular complexity index is 786. The summed E-state index contributed by atoms with van der Waals surface area (Å²) in [5, 5.41) is 6.85. The van der Waals surface area contributed by atoms with Crippen LogP contribution < -0.4 is 5.32 Å². The van der Waals surface area contributed by atoms with Gasteiger partial charge < -0.3 is 14.8 Å². The van der Waals surface area contributed by atoms with E-state index in [0.717, 1.165) is 16.9 Å². The smallest absolute Gasteiger partial charge is 0.257 e. The number of benzene rings is 1. The Kier molecular flexibility index (Phi) is 3.66. The third kappa shape index (κ3) is 2.47. The number of imidazole rings is 1. The molecule has 0 aliphatic rings. The number of para-hydroxylation sites is 2. The molecule has 0 saturated carbocycles. The minimum atomic E-state index is -0.237. The third-order valence-electron chi connectivity index (χ3n) is 3.66. The molecule has 6 heteroatoms. The monoisotopic (exact) mass is 298 g/mol. The quantitative estimate of drug-likeness (QED) is 0.775. The molecule has 0 fully saturated rings. The standard InChI is InChI=1S/C16H18N4O2/c1-4-11-14(10(3)22-20-11)16(21)17-9(2)15-18-12-7-5-6-8-13(12)19-15/h5-9H,4H2,1-3H3,(H,17,21)(H,18,19)/t9-/m0/s1. The van der Waals surface area contributed by atoms with Crippen LogP contribution >= 0.6 is 0 Å². The van der Waals surface area contributed by atoms with Gasteiger partial charge in [0.15, 0.2) is 0 Å². The van der Waals surface area contributed by atoms with E-state index in [-0.39, 0.29) is 11.9 Å². The Morgan fingerprint density at radius 3 is 2.91 bits per heavy atom. The summed E-state index contributed by atoms with van der Waals surface area (Å²) < 4.78 is 5.11. The largest absolute Gasteiger partial charge is 0.361 e. The van der Waals surface area contributed by atoms with Gasteiger partial charge in [-0.3, -0.25) is 4.79 Å². The van der Waals surface area contributed by atoms with Crippen LogP contribution in [0.3, 0.4) is 0 Å². The number of rotatable bonds is 4. The molecular formula is C16H18N4O2. The molecule has 1 aromatic carbocycles. The van der Waals surface area contributed by atoms with Gasteiger partial charge >= 0.3 is 0 Å². The molecule has 2 heterocycles. The van der Waals surface area contributed by atoms with E-state index in [1.54, 1.807) is 6.92 Å². The van der Waals surface area contributed by atoms with Crippen LogP contribution in [-0.2, 0) is 6.42 Å².